The minimum Gasteiger partial charge on any atom is -0.497 e. The number of halogens is 1. The maximum Gasteiger partial charge on any atom is 0.123 e. The van der Waals surface area contributed by atoms with Crippen molar-refractivity contribution >= 4 is 12.4 Å². The molecule has 1 atom stereocenters. The molecule has 0 aliphatic carbocycles. The third-order valence-corrected chi connectivity index (χ3v) is 2.28. The van der Waals surface area contributed by atoms with E-state index in [9.17, 15) is 0 Å². The summed E-state index contributed by atoms with van der Waals surface area (Å²) in [5.74, 6) is 1.63. The van der Waals surface area contributed by atoms with Crippen LogP contribution in [0.5, 0.6) is 11.5 Å². The molecule has 0 heterocycles. The molecule has 0 saturated heterocycles. The lowest BCUT2D eigenvalue weighted by Gasteiger charge is -2.14. The number of benzene rings is 1. The van der Waals surface area contributed by atoms with E-state index in [0.717, 1.165) is 23.5 Å². The topological polar surface area (TPSA) is 44.5 Å². The second-order valence-electron chi connectivity index (χ2n) is 3.12. The minimum absolute atomic E-state index is 0. The van der Waals surface area contributed by atoms with Crippen LogP contribution in [0.15, 0.2) is 18.2 Å². The van der Waals surface area contributed by atoms with E-state index in [1.54, 1.807) is 14.2 Å². The first kappa shape index (κ1) is 14.1. The van der Waals surface area contributed by atoms with Gasteiger partial charge in [-0.1, -0.05) is 6.92 Å². The van der Waals surface area contributed by atoms with Gasteiger partial charge in [0.2, 0.25) is 0 Å². The van der Waals surface area contributed by atoms with Crippen molar-refractivity contribution in [2.45, 2.75) is 19.4 Å². The molecule has 1 rings (SSSR count). The zero-order valence-corrected chi connectivity index (χ0v) is 10.1. The van der Waals surface area contributed by atoms with Crippen molar-refractivity contribution in [1.29, 1.82) is 0 Å². The molecule has 2 N–H and O–H groups in total. The van der Waals surface area contributed by atoms with E-state index >= 15 is 0 Å². The highest BCUT2D eigenvalue weighted by Crippen LogP contribution is 2.29. The molecule has 0 radical (unpaired) electrons. The van der Waals surface area contributed by atoms with Gasteiger partial charge in [-0.25, -0.2) is 0 Å². The average Bonchev–Trinajstić information content (AvgIpc) is 2.27. The van der Waals surface area contributed by atoms with Crippen molar-refractivity contribution in [3.05, 3.63) is 23.8 Å². The first-order chi connectivity index (χ1) is 6.72. The van der Waals surface area contributed by atoms with E-state index < -0.39 is 0 Å². The van der Waals surface area contributed by atoms with E-state index in [4.69, 9.17) is 15.2 Å². The quantitative estimate of drug-likeness (QED) is 0.866. The van der Waals surface area contributed by atoms with Crippen LogP contribution in [0.25, 0.3) is 0 Å². The molecule has 15 heavy (non-hydrogen) atoms. The van der Waals surface area contributed by atoms with Gasteiger partial charge < -0.3 is 15.2 Å². The lowest BCUT2D eigenvalue weighted by atomic mass is 10.0. The molecule has 0 spiro atoms. The van der Waals surface area contributed by atoms with Crippen LogP contribution in [0.4, 0.5) is 0 Å². The Morgan fingerprint density at radius 3 is 2.40 bits per heavy atom. The van der Waals surface area contributed by atoms with Gasteiger partial charge in [0.15, 0.2) is 0 Å². The van der Waals surface area contributed by atoms with Crippen LogP contribution in [0.2, 0.25) is 0 Å². The first-order valence-electron chi connectivity index (χ1n) is 4.70. The summed E-state index contributed by atoms with van der Waals surface area (Å²) >= 11 is 0. The van der Waals surface area contributed by atoms with E-state index in [0.29, 0.717) is 0 Å². The van der Waals surface area contributed by atoms with Crippen LogP contribution in [-0.4, -0.2) is 14.2 Å². The van der Waals surface area contributed by atoms with Gasteiger partial charge >= 0.3 is 0 Å². The fraction of sp³-hybridized carbons (Fsp3) is 0.455. The molecule has 0 saturated carbocycles. The Morgan fingerprint density at radius 1 is 1.27 bits per heavy atom. The minimum atomic E-state index is 0. The van der Waals surface area contributed by atoms with Crippen LogP contribution in [0.1, 0.15) is 24.9 Å². The first-order valence-corrected chi connectivity index (χ1v) is 4.70. The molecule has 1 aromatic rings. The lowest BCUT2D eigenvalue weighted by Crippen LogP contribution is -2.10. The molecule has 0 aliphatic heterocycles. The Morgan fingerprint density at radius 2 is 1.93 bits per heavy atom. The molecule has 0 fully saturated rings. The highest BCUT2D eigenvalue weighted by Gasteiger charge is 2.10. The molecular formula is C11H18ClNO2. The largest absolute Gasteiger partial charge is 0.497 e. The van der Waals surface area contributed by atoms with Gasteiger partial charge in [0, 0.05) is 11.6 Å². The van der Waals surface area contributed by atoms with Crippen LogP contribution in [-0.2, 0) is 0 Å². The molecule has 1 aromatic carbocycles. The summed E-state index contributed by atoms with van der Waals surface area (Å²) < 4.78 is 10.4. The van der Waals surface area contributed by atoms with Gasteiger partial charge in [0.25, 0.3) is 0 Å². The van der Waals surface area contributed by atoms with Gasteiger partial charge in [-0.05, 0) is 24.6 Å². The van der Waals surface area contributed by atoms with Gasteiger partial charge in [0.1, 0.15) is 11.5 Å². The fourth-order valence-electron chi connectivity index (χ4n) is 1.35. The van der Waals surface area contributed by atoms with Crippen molar-refractivity contribution < 1.29 is 9.47 Å². The number of hydrogen-bond donors (Lipinski definition) is 1. The SMILES string of the molecule is CCC(N)c1cc(OC)ccc1OC.Cl. The van der Waals surface area contributed by atoms with E-state index in [2.05, 4.69) is 0 Å². The molecule has 86 valence electrons. The number of hydrogen-bond acceptors (Lipinski definition) is 3. The lowest BCUT2D eigenvalue weighted by molar-refractivity contribution is 0.394. The summed E-state index contributed by atoms with van der Waals surface area (Å²) in [4.78, 5) is 0. The highest BCUT2D eigenvalue weighted by molar-refractivity contribution is 5.85. The molecule has 4 heteroatoms. The molecule has 1 unspecified atom stereocenters. The number of nitrogens with two attached hydrogens (primary N) is 1. The smallest absolute Gasteiger partial charge is 0.123 e. The number of methoxy groups -OCH3 is 2. The Labute approximate surface area is 97.0 Å². The summed E-state index contributed by atoms with van der Waals surface area (Å²) in [5.41, 5.74) is 6.95. The van der Waals surface area contributed by atoms with Gasteiger partial charge in [-0.2, -0.15) is 0 Å². The average molecular weight is 232 g/mol. The molecular weight excluding hydrogens is 214 g/mol. The van der Waals surface area contributed by atoms with Gasteiger partial charge in [0.05, 0.1) is 14.2 Å². The predicted molar refractivity (Wildman–Crippen MR) is 64.0 cm³/mol. The Kier molecular flexibility index (Phi) is 6.13. The predicted octanol–water partition coefficient (Wildman–Crippen LogP) is 2.54. The Bertz CT molecular complexity index is 305. The summed E-state index contributed by atoms with van der Waals surface area (Å²) in [6, 6.07) is 5.67. The Hall–Kier alpha value is -0.930. The fourth-order valence-corrected chi connectivity index (χ4v) is 1.35. The van der Waals surface area contributed by atoms with Crippen LogP contribution in [0, 0.1) is 0 Å². The molecule has 0 aliphatic rings. The molecule has 0 amide bonds. The molecule has 0 bridgehead atoms. The van der Waals surface area contributed by atoms with E-state index in [1.807, 2.05) is 25.1 Å². The van der Waals surface area contributed by atoms with Crippen LogP contribution in [0.3, 0.4) is 0 Å². The molecule has 3 nitrogen and oxygen atoms in total. The van der Waals surface area contributed by atoms with Crippen LogP contribution < -0.4 is 15.2 Å². The summed E-state index contributed by atoms with van der Waals surface area (Å²) in [7, 11) is 3.29. The van der Waals surface area contributed by atoms with Crippen molar-refractivity contribution in [2.75, 3.05) is 14.2 Å². The second kappa shape index (κ2) is 6.53. The monoisotopic (exact) mass is 231 g/mol. The number of ether oxygens (including phenoxy) is 2. The van der Waals surface area contributed by atoms with Crippen molar-refractivity contribution in [3.63, 3.8) is 0 Å². The van der Waals surface area contributed by atoms with Crippen molar-refractivity contribution in [2.24, 2.45) is 5.73 Å². The van der Waals surface area contributed by atoms with E-state index in [-0.39, 0.29) is 18.4 Å². The Balaban J connectivity index is 0.00000196. The van der Waals surface area contributed by atoms with Crippen molar-refractivity contribution in [1.82, 2.24) is 0 Å². The summed E-state index contributed by atoms with van der Waals surface area (Å²) in [6.07, 6.45) is 0.878. The zero-order chi connectivity index (χ0) is 10.6. The summed E-state index contributed by atoms with van der Waals surface area (Å²) in [5, 5.41) is 0. The maximum absolute atomic E-state index is 5.96. The standard InChI is InChI=1S/C11H17NO2.ClH/c1-4-10(12)9-7-8(13-2)5-6-11(9)14-3;/h5-7,10H,4,12H2,1-3H3;1H. The summed E-state index contributed by atoms with van der Waals surface area (Å²) in [6.45, 7) is 2.05. The van der Waals surface area contributed by atoms with Gasteiger partial charge in [-0.3, -0.25) is 0 Å². The third kappa shape index (κ3) is 3.29. The third-order valence-electron chi connectivity index (χ3n) is 2.28. The second-order valence-corrected chi connectivity index (χ2v) is 3.12. The maximum atomic E-state index is 5.96. The molecule has 0 aromatic heterocycles. The normalized spacial score (nSPS) is 11.5. The van der Waals surface area contributed by atoms with Crippen molar-refractivity contribution in [3.8, 4) is 11.5 Å². The highest BCUT2D eigenvalue weighted by atomic mass is 35.5. The van der Waals surface area contributed by atoms with Crippen LogP contribution >= 0.6 is 12.4 Å². The van der Waals surface area contributed by atoms with E-state index in [1.165, 1.54) is 0 Å². The number of rotatable bonds is 4. The van der Waals surface area contributed by atoms with Gasteiger partial charge in [-0.15, -0.1) is 12.4 Å². The zero-order valence-electron chi connectivity index (χ0n) is 9.32.